The molecule has 1 aromatic heterocycles. The van der Waals surface area contributed by atoms with Gasteiger partial charge in [0.15, 0.2) is 0 Å². The molecule has 1 aliphatic heterocycles. The van der Waals surface area contributed by atoms with Crippen molar-refractivity contribution in [1.82, 2.24) is 4.90 Å². The van der Waals surface area contributed by atoms with Gasteiger partial charge in [-0.25, -0.2) is 0 Å². The smallest absolute Gasteiger partial charge is 0.235 e. The van der Waals surface area contributed by atoms with E-state index in [9.17, 15) is 4.79 Å². The average molecular weight is 282 g/mol. The first-order valence-electron chi connectivity index (χ1n) is 6.60. The molecular weight excluding hydrogens is 260 g/mol. The molecule has 1 unspecified atom stereocenters. The Labute approximate surface area is 118 Å². The van der Waals surface area contributed by atoms with E-state index in [0.29, 0.717) is 0 Å². The average Bonchev–Trinajstić information content (AvgIpc) is 2.75. The number of hydrogen-bond donors (Lipinski definition) is 2. The molecule has 1 atom stereocenters. The Morgan fingerprint density at radius 3 is 2.32 bits per heavy atom. The second kappa shape index (κ2) is 5.79. The van der Waals surface area contributed by atoms with Gasteiger partial charge in [-0.1, -0.05) is 13.8 Å². The fraction of sp³-hybridized carbons (Fsp3) is 0.615. The molecule has 0 aromatic carbocycles. The first-order valence-corrected chi connectivity index (χ1v) is 7.55. The third kappa shape index (κ3) is 3.01. The first kappa shape index (κ1) is 14.1. The summed E-state index contributed by atoms with van der Waals surface area (Å²) in [5.41, 5.74) is 13.4. The van der Waals surface area contributed by atoms with Crippen LogP contribution in [0.25, 0.3) is 0 Å². The van der Waals surface area contributed by atoms with Crippen molar-refractivity contribution in [2.45, 2.75) is 19.9 Å². The minimum absolute atomic E-state index is 0.165. The molecule has 0 bridgehead atoms. The molecule has 4 N–H and O–H groups in total. The summed E-state index contributed by atoms with van der Waals surface area (Å²) in [5, 5.41) is 4.04. The molecule has 106 valence electrons. The highest BCUT2D eigenvalue weighted by molar-refractivity contribution is 7.08. The summed E-state index contributed by atoms with van der Waals surface area (Å²) in [6.07, 6.45) is 0. The van der Waals surface area contributed by atoms with Crippen LogP contribution in [-0.4, -0.2) is 43.0 Å². The topological polar surface area (TPSA) is 75.6 Å². The van der Waals surface area contributed by atoms with Crippen molar-refractivity contribution < 1.29 is 4.79 Å². The Morgan fingerprint density at radius 1 is 1.26 bits per heavy atom. The highest BCUT2D eigenvalue weighted by Gasteiger charge is 2.30. The maximum Gasteiger partial charge on any atom is 0.235 e. The summed E-state index contributed by atoms with van der Waals surface area (Å²) in [6, 6.07) is -0.165. The van der Waals surface area contributed by atoms with Crippen LogP contribution in [-0.2, 0) is 4.79 Å². The number of nitrogens with two attached hydrogens (primary N) is 2. The third-order valence-electron chi connectivity index (χ3n) is 3.64. The van der Waals surface area contributed by atoms with Crippen LogP contribution in [0.5, 0.6) is 0 Å². The molecule has 1 fully saturated rings. The van der Waals surface area contributed by atoms with E-state index in [2.05, 4.69) is 15.2 Å². The van der Waals surface area contributed by atoms with E-state index < -0.39 is 0 Å². The Bertz CT molecular complexity index is 438. The summed E-state index contributed by atoms with van der Waals surface area (Å²) in [4.78, 5) is 16.0. The van der Waals surface area contributed by atoms with Gasteiger partial charge in [-0.3, -0.25) is 9.69 Å². The predicted molar refractivity (Wildman–Crippen MR) is 80.3 cm³/mol. The lowest BCUT2D eigenvalue weighted by atomic mass is 10.0. The number of amides is 1. The lowest BCUT2D eigenvalue weighted by Gasteiger charge is -2.40. The molecule has 19 heavy (non-hydrogen) atoms. The maximum absolute atomic E-state index is 11.6. The molecular formula is C13H22N4OS. The van der Waals surface area contributed by atoms with E-state index >= 15 is 0 Å². The minimum Gasteiger partial charge on any atom is -0.396 e. The number of carbonyl (C=O) groups is 1. The molecule has 2 heterocycles. The van der Waals surface area contributed by atoms with Crippen LogP contribution in [0, 0.1) is 5.92 Å². The number of nitrogens with zero attached hydrogens (tertiary/aromatic N) is 2. The monoisotopic (exact) mass is 282 g/mol. The molecule has 6 heteroatoms. The molecule has 1 saturated heterocycles. The molecule has 1 aliphatic rings. The molecule has 0 spiro atoms. The van der Waals surface area contributed by atoms with Crippen LogP contribution in [0.2, 0.25) is 0 Å². The Kier molecular flexibility index (Phi) is 4.31. The second-order valence-corrected chi connectivity index (χ2v) is 6.07. The van der Waals surface area contributed by atoms with E-state index in [0.717, 1.165) is 37.6 Å². The van der Waals surface area contributed by atoms with Gasteiger partial charge >= 0.3 is 0 Å². The van der Waals surface area contributed by atoms with Gasteiger partial charge in [-0.15, -0.1) is 11.3 Å². The zero-order chi connectivity index (χ0) is 14.0. The van der Waals surface area contributed by atoms with Crippen molar-refractivity contribution in [3.8, 4) is 0 Å². The zero-order valence-electron chi connectivity index (χ0n) is 11.5. The van der Waals surface area contributed by atoms with E-state index in [1.54, 1.807) is 11.3 Å². The van der Waals surface area contributed by atoms with Crippen molar-refractivity contribution >= 4 is 28.6 Å². The van der Waals surface area contributed by atoms with Crippen LogP contribution in [0.1, 0.15) is 13.8 Å². The Morgan fingerprint density at radius 2 is 1.89 bits per heavy atom. The molecule has 0 radical (unpaired) electrons. The largest absolute Gasteiger partial charge is 0.396 e. The first-order chi connectivity index (χ1) is 9.00. The number of anilines is 2. The summed E-state index contributed by atoms with van der Waals surface area (Å²) < 4.78 is 0. The van der Waals surface area contributed by atoms with Crippen LogP contribution >= 0.6 is 11.3 Å². The highest BCUT2D eigenvalue weighted by atomic mass is 32.1. The molecule has 1 amide bonds. The van der Waals surface area contributed by atoms with Gasteiger partial charge in [-0.05, 0) is 5.92 Å². The maximum atomic E-state index is 11.6. The lowest BCUT2D eigenvalue weighted by Crippen LogP contribution is -2.56. The number of carbonyl (C=O) groups excluding carboxylic acids is 1. The lowest BCUT2D eigenvalue weighted by molar-refractivity contribution is -0.124. The molecule has 1 aromatic rings. The number of hydrogen-bond acceptors (Lipinski definition) is 5. The van der Waals surface area contributed by atoms with Crippen LogP contribution < -0.4 is 16.4 Å². The van der Waals surface area contributed by atoms with Crippen molar-refractivity contribution in [2.24, 2.45) is 11.7 Å². The Hall–Kier alpha value is -1.27. The van der Waals surface area contributed by atoms with Crippen molar-refractivity contribution in [3.63, 3.8) is 0 Å². The molecule has 0 aliphatic carbocycles. The van der Waals surface area contributed by atoms with Crippen molar-refractivity contribution in [1.29, 1.82) is 0 Å². The van der Waals surface area contributed by atoms with E-state index in [4.69, 9.17) is 11.5 Å². The second-order valence-electron chi connectivity index (χ2n) is 5.33. The highest BCUT2D eigenvalue weighted by Crippen LogP contribution is 2.28. The van der Waals surface area contributed by atoms with Gasteiger partial charge in [0.2, 0.25) is 5.91 Å². The van der Waals surface area contributed by atoms with Gasteiger partial charge in [-0.2, -0.15) is 0 Å². The van der Waals surface area contributed by atoms with Crippen molar-refractivity contribution in [3.05, 3.63) is 10.8 Å². The summed E-state index contributed by atoms with van der Waals surface area (Å²) >= 11 is 1.62. The molecule has 5 nitrogen and oxygen atoms in total. The Balaban J connectivity index is 1.99. The third-order valence-corrected chi connectivity index (χ3v) is 4.39. The van der Waals surface area contributed by atoms with E-state index in [1.807, 2.05) is 19.2 Å². The number of primary amides is 1. The van der Waals surface area contributed by atoms with Crippen LogP contribution in [0.4, 0.5) is 11.4 Å². The number of nitrogen functional groups attached to an aromatic ring is 1. The van der Waals surface area contributed by atoms with Crippen LogP contribution in [0.3, 0.4) is 0 Å². The van der Waals surface area contributed by atoms with Crippen LogP contribution in [0.15, 0.2) is 10.8 Å². The van der Waals surface area contributed by atoms with E-state index in [-0.39, 0.29) is 17.9 Å². The SMILES string of the molecule is CC(C)C(C(N)=O)N1CCN(c2cscc2N)CC1. The predicted octanol–water partition coefficient (Wildman–Crippen LogP) is 0.962. The quantitative estimate of drug-likeness (QED) is 0.862. The normalized spacial score (nSPS) is 18.8. The van der Waals surface area contributed by atoms with Crippen molar-refractivity contribution in [2.75, 3.05) is 36.8 Å². The summed E-state index contributed by atoms with van der Waals surface area (Å²) in [5.74, 6) is 0.0220. The molecule has 0 saturated carbocycles. The summed E-state index contributed by atoms with van der Waals surface area (Å²) in [7, 11) is 0. The number of thiophene rings is 1. The number of rotatable bonds is 4. The van der Waals surface area contributed by atoms with E-state index in [1.165, 1.54) is 0 Å². The standard InChI is InChI=1S/C13H22N4OS/c1-9(2)12(13(15)18)17-5-3-16(4-6-17)11-8-19-7-10(11)14/h7-9,12H,3-6,14H2,1-2H3,(H2,15,18). The van der Waals surface area contributed by atoms with Gasteiger partial charge in [0.25, 0.3) is 0 Å². The number of piperazine rings is 1. The van der Waals surface area contributed by atoms with Gasteiger partial charge in [0.05, 0.1) is 17.4 Å². The zero-order valence-corrected chi connectivity index (χ0v) is 12.3. The van der Waals surface area contributed by atoms with Gasteiger partial charge in [0.1, 0.15) is 0 Å². The fourth-order valence-corrected chi connectivity index (χ4v) is 3.48. The minimum atomic E-state index is -0.224. The van der Waals surface area contributed by atoms with Gasteiger partial charge in [0, 0.05) is 36.9 Å². The fourth-order valence-electron chi connectivity index (χ4n) is 2.73. The molecule has 2 rings (SSSR count). The van der Waals surface area contributed by atoms with Gasteiger partial charge < -0.3 is 16.4 Å². The summed E-state index contributed by atoms with van der Waals surface area (Å²) in [6.45, 7) is 7.55.